The summed E-state index contributed by atoms with van der Waals surface area (Å²) >= 11 is 0. The van der Waals surface area contributed by atoms with Crippen molar-refractivity contribution >= 4 is 26.7 Å². The number of sulfonamides is 1. The van der Waals surface area contributed by atoms with Crippen LogP contribution < -0.4 is 4.72 Å². The second kappa shape index (κ2) is 5.70. The zero-order valence-corrected chi connectivity index (χ0v) is 14.2. The van der Waals surface area contributed by atoms with Crippen molar-refractivity contribution in [1.29, 1.82) is 0 Å². The highest BCUT2D eigenvalue weighted by molar-refractivity contribution is 7.91. The lowest BCUT2D eigenvalue weighted by molar-refractivity contribution is 0.600. The van der Waals surface area contributed by atoms with E-state index in [9.17, 15) is 8.42 Å². The van der Waals surface area contributed by atoms with Crippen molar-refractivity contribution in [2.75, 3.05) is 4.72 Å². The normalized spacial score (nSPS) is 11.8. The van der Waals surface area contributed by atoms with Gasteiger partial charge >= 0.3 is 0 Å². The predicted molar refractivity (Wildman–Crippen MR) is 92.9 cm³/mol. The van der Waals surface area contributed by atoms with Gasteiger partial charge in [-0.15, -0.1) is 0 Å². The van der Waals surface area contributed by atoms with Gasteiger partial charge in [-0.1, -0.05) is 29.8 Å². The number of hydrogen-bond donors (Lipinski definition) is 1. The molecule has 0 aliphatic heterocycles. The standard InChI is InChI=1S/C17H19N3O2S/c1-12-5-4-6-14(9-12)11-23(21,22)19-15-7-8-17-16(10-15)18-13(2)20(17)3/h4-10,19H,11H2,1-3H3. The van der Waals surface area contributed by atoms with Gasteiger partial charge in [-0.3, -0.25) is 4.72 Å². The first-order valence-corrected chi connectivity index (χ1v) is 8.98. The monoisotopic (exact) mass is 329 g/mol. The quantitative estimate of drug-likeness (QED) is 0.800. The first kappa shape index (κ1) is 15.6. The first-order chi connectivity index (χ1) is 10.8. The van der Waals surface area contributed by atoms with E-state index in [2.05, 4.69) is 9.71 Å². The predicted octanol–water partition coefficient (Wildman–Crippen LogP) is 3.13. The average molecular weight is 329 g/mol. The van der Waals surface area contributed by atoms with Gasteiger partial charge in [0.1, 0.15) is 5.82 Å². The Bertz CT molecular complexity index is 975. The minimum Gasteiger partial charge on any atom is -0.331 e. The van der Waals surface area contributed by atoms with E-state index < -0.39 is 10.0 Å². The van der Waals surface area contributed by atoms with Gasteiger partial charge in [0.05, 0.1) is 22.5 Å². The Labute approximate surface area is 136 Å². The minimum atomic E-state index is -3.46. The van der Waals surface area contributed by atoms with Crippen LogP contribution in [0.15, 0.2) is 42.5 Å². The van der Waals surface area contributed by atoms with E-state index in [1.807, 2.05) is 55.8 Å². The molecule has 3 aromatic rings. The Balaban J connectivity index is 1.85. The summed E-state index contributed by atoms with van der Waals surface area (Å²) in [7, 11) is -1.52. The molecule has 0 saturated heterocycles. The van der Waals surface area contributed by atoms with Crippen molar-refractivity contribution in [3.05, 3.63) is 59.4 Å². The Hall–Kier alpha value is -2.34. The van der Waals surface area contributed by atoms with E-state index in [1.54, 1.807) is 12.1 Å². The maximum absolute atomic E-state index is 12.4. The molecule has 5 nitrogen and oxygen atoms in total. The molecule has 0 bridgehead atoms. The molecule has 1 aromatic heterocycles. The highest BCUT2D eigenvalue weighted by atomic mass is 32.2. The maximum Gasteiger partial charge on any atom is 0.236 e. The molecule has 0 radical (unpaired) electrons. The summed E-state index contributed by atoms with van der Waals surface area (Å²) in [6, 6.07) is 12.9. The Morgan fingerprint density at radius 2 is 1.91 bits per heavy atom. The molecule has 0 spiro atoms. The smallest absolute Gasteiger partial charge is 0.236 e. The van der Waals surface area contributed by atoms with E-state index in [-0.39, 0.29) is 5.75 Å². The average Bonchev–Trinajstić information content (AvgIpc) is 2.72. The number of benzene rings is 2. The van der Waals surface area contributed by atoms with Crippen LogP contribution in [0.4, 0.5) is 5.69 Å². The van der Waals surface area contributed by atoms with Gasteiger partial charge in [-0.2, -0.15) is 0 Å². The van der Waals surface area contributed by atoms with Crippen LogP contribution in [0.1, 0.15) is 17.0 Å². The number of anilines is 1. The van der Waals surface area contributed by atoms with Gasteiger partial charge in [0.25, 0.3) is 0 Å². The molecule has 0 atom stereocenters. The summed E-state index contributed by atoms with van der Waals surface area (Å²) in [6.45, 7) is 3.86. The van der Waals surface area contributed by atoms with Crippen molar-refractivity contribution in [2.24, 2.45) is 7.05 Å². The van der Waals surface area contributed by atoms with Gasteiger partial charge in [0, 0.05) is 7.05 Å². The number of fused-ring (bicyclic) bond motifs is 1. The van der Waals surface area contributed by atoms with Crippen molar-refractivity contribution in [3.8, 4) is 0 Å². The highest BCUT2D eigenvalue weighted by Gasteiger charge is 2.13. The zero-order valence-electron chi connectivity index (χ0n) is 13.4. The fourth-order valence-corrected chi connectivity index (χ4v) is 3.80. The number of imidazole rings is 1. The topological polar surface area (TPSA) is 64.0 Å². The molecule has 0 saturated carbocycles. The van der Waals surface area contributed by atoms with Crippen LogP contribution in [0.3, 0.4) is 0 Å². The largest absolute Gasteiger partial charge is 0.331 e. The number of nitrogens with one attached hydrogen (secondary N) is 1. The Kier molecular flexibility index (Phi) is 3.85. The molecule has 1 heterocycles. The lowest BCUT2D eigenvalue weighted by atomic mass is 10.2. The Morgan fingerprint density at radius 1 is 1.13 bits per heavy atom. The van der Waals surface area contributed by atoms with Crippen LogP contribution in [-0.2, 0) is 22.8 Å². The number of nitrogens with zero attached hydrogens (tertiary/aromatic N) is 2. The molecule has 0 fully saturated rings. The van der Waals surface area contributed by atoms with Gasteiger partial charge in [0.2, 0.25) is 10.0 Å². The van der Waals surface area contributed by atoms with Gasteiger partial charge in [-0.25, -0.2) is 13.4 Å². The van der Waals surface area contributed by atoms with Gasteiger partial charge < -0.3 is 4.57 Å². The van der Waals surface area contributed by atoms with Gasteiger partial charge in [-0.05, 0) is 37.6 Å². The Morgan fingerprint density at radius 3 is 2.65 bits per heavy atom. The lowest BCUT2D eigenvalue weighted by Crippen LogP contribution is -2.15. The molecule has 120 valence electrons. The molecule has 0 amide bonds. The molecule has 23 heavy (non-hydrogen) atoms. The van der Waals surface area contributed by atoms with E-state index in [1.165, 1.54) is 0 Å². The number of aryl methyl sites for hydroxylation is 3. The lowest BCUT2D eigenvalue weighted by Gasteiger charge is -2.09. The molecule has 3 rings (SSSR count). The number of aromatic nitrogens is 2. The summed E-state index contributed by atoms with van der Waals surface area (Å²) in [5.41, 5.74) is 4.10. The van der Waals surface area contributed by atoms with E-state index in [0.717, 1.165) is 28.0 Å². The molecular weight excluding hydrogens is 310 g/mol. The van der Waals surface area contributed by atoms with E-state index >= 15 is 0 Å². The fourth-order valence-electron chi connectivity index (χ4n) is 2.62. The second-order valence-electron chi connectivity index (χ2n) is 5.77. The van der Waals surface area contributed by atoms with E-state index in [4.69, 9.17) is 0 Å². The van der Waals surface area contributed by atoms with Gasteiger partial charge in [0.15, 0.2) is 0 Å². The molecule has 0 aliphatic carbocycles. The SMILES string of the molecule is Cc1cccc(CS(=O)(=O)Nc2ccc3c(c2)nc(C)n3C)c1. The third-order valence-corrected chi connectivity index (χ3v) is 5.08. The van der Waals surface area contributed by atoms with Crippen molar-refractivity contribution < 1.29 is 8.42 Å². The molecule has 0 unspecified atom stereocenters. The molecule has 1 N–H and O–H groups in total. The van der Waals surface area contributed by atoms with Crippen LogP contribution in [-0.4, -0.2) is 18.0 Å². The first-order valence-electron chi connectivity index (χ1n) is 7.33. The van der Waals surface area contributed by atoms with Crippen molar-refractivity contribution in [3.63, 3.8) is 0 Å². The summed E-state index contributed by atoms with van der Waals surface area (Å²) in [4.78, 5) is 4.43. The summed E-state index contributed by atoms with van der Waals surface area (Å²) in [5.74, 6) is 0.841. The van der Waals surface area contributed by atoms with Crippen LogP contribution in [0.5, 0.6) is 0 Å². The minimum absolute atomic E-state index is 0.0477. The zero-order chi connectivity index (χ0) is 16.6. The summed E-state index contributed by atoms with van der Waals surface area (Å²) in [5, 5.41) is 0. The molecule has 2 aromatic carbocycles. The molecular formula is C17H19N3O2S. The molecule has 0 aliphatic rings. The van der Waals surface area contributed by atoms with Crippen LogP contribution >= 0.6 is 0 Å². The molecule has 6 heteroatoms. The second-order valence-corrected chi connectivity index (χ2v) is 7.49. The van der Waals surface area contributed by atoms with Crippen molar-refractivity contribution in [2.45, 2.75) is 19.6 Å². The van der Waals surface area contributed by atoms with Crippen LogP contribution in [0, 0.1) is 13.8 Å². The van der Waals surface area contributed by atoms with Crippen LogP contribution in [0.2, 0.25) is 0 Å². The fraction of sp³-hybridized carbons (Fsp3) is 0.235. The number of rotatable bonds is 4. The third-order valence-electron chi connectivity index (χ3n) is 3.82. The summed E-state index contributed by atoms with van der Waals surface area (Å²) in [6.07, 6.45) is 0. The maximum atomic E-state index is 12.4. The van der Waals surface area contributed by atoms with Crippen molar-refractivity contribution in [1.82, 2.24) is 9.55 Å². The van der Waals surface area contributed by atoms with E-state index in [0.29, 0.717) is 5.69 Å². The third kappa shape index (κ3) is 3.37. The highest BCUT2D eigenvalue weighted by Crippen LogP contribution is 2.21. The number of hydrogen-bond acceptors (Lipinski definition) is 3. The van der Waals surface area contributed by atoms with Crippen LogP contribution in [0.25, 0.3) is 11.0 Å². The summed E-state index contributed by atoms with van der Waals surface area (Å²) < 4.78 is 29.3.